The SMILES string of the molecule is CC(C)c1ccc(CN(C(=O)C2CCC(N)C2)C2CC2)cc1. The number of nitrogens with two attached hydrogens (primary N) is 1. The standard InChI is InChI=1S/C19H28N2O/c1-13(2)15-5-3-14(4-6-15)12-21(18-9-10-18)19(22)16-7-8-17(20)11-16/h3-6,13,16-18H,7-12,20H2,1-2H3. The maximum absolute atomic E-state index is 12.8. The molecule has 1 aromatic rings. The van der Waals surface area contributed by atoms with Crippen LogP contribution in [-0.2, 0) is 11.3 Å². The van der Waals surface area contributed by atoms with Crippen molar-refractivity contribution in [3.8, 4) is 0 Å². The predicted octanol–water partition coefficient (Wildman–Crippen LogP) is 3.43. The number of hydrogen-bond acceptors (Lipinski definition) is 2. The molecular weight excluding hydrogens is 272 g/mol. The zero-order chi connectivity index (χ0) is 15.7. The average molecular weight is 300 g/mol. The second-order valence-electron chi connectivity index (χ2n) is 7.36. The molecule has 0 saturated heterocycles. The largest absolute Gasteiger partial charge is 0.335 e. The summed E-state index contributed by atoms with van der Waals surface area (Å²) < 4.78 is 0. The van der Waals surface area contributed by atoms with Crippen LogP contribution in [0.5, 0.6) is 0 Å². The van der Waals surface area contributed by atoms with Crippen molar-refractivity contribution in [1.29, 1.82) is 0 Å². The molecule has 0 bridgehead atoms. The molecule has 1 amide bonds. The van der Waals surface area contributed by atoms with Gasteiger partial charge in [-0.2, -0.15) is 0 Å². The summed E-state index contributed by atoms with van der Waals surface area (Å²) in [6, 6.07) is 9.44. The van der Waals surface area contributed by atoms with Crippen LogP contribution < -0.4 is 5.73 Å². The molecule has 120 valence electrons. The fourth-order valence-corrected chi connectivity index (χ4v) is 3.45. The van der Waals surface area contributed by atoms with E-state index in [-0.39, 0.29) is 12.0 Å². The van der Waals surface area contributed by atoms with E-state index < -0.39 is 0 Å². The molecule has 22 heavy (non-hydrogen) atoms. The van der Waals surface area contributed by atoms with Gasteiger partial charge in [-0.25, -0.2) is 0 Å². The topological polar surface area (TPSA) is 46.3 Å². The minimum atomic E-state index is 0.158. The highest BCUT2D eigenvalue weighted by Gasteiger charge is 2.38. The van der Waals surface area contributed by atoms with Crippen LogP contribution in [0.2, 0.25) is 0 Å². The number of rotatable bonds is 5. The van der Waals surface area contributed by atoms with E-state index >= 15 is 0 Å². The van der Waals surface area contributed by atoms with Crippen molar-refractivity contribution in [3.63, 3.8) is 0 Å². The Morgan fingerprint density at radius 1 is 1.18 bits per heavy atom. The molecule has 3 rings (SSSR count). The van der Waals surface area contributed by atoms with E-state index in [0.29, 0.717) is 17.9 Å². The lowest BCUT2D eigenvalue weighted by Crippen LogP contribution is -2.37. The van der Waals surface area contributed by atoms with Gasteiger partial charge in [-0.15, -0.1) is 0 Å². The molecule has 0 radical (unpaired) electrons. The fraction of sp³-hybridized carbons (Fsp3) is 0.632. The molecular formula is C19H28N2O. The maximum Gasteiger partial charge on any atom is 0.226 e. The Balaban J connectivity index is 1.68. The number of carbonyl (C=O) groups excluding carboxylic acids is 1. The van der Waals surface area contributed by atoms with Gasteiger partial charge in [-0.1, -0.05) is 38.1 Å². The van der Waals surface area contributed by atoms with E-state index in [2.05, 4.69) is 43.0 Å². The van der Waals surface area contributed by atoms with Crippen LogP contribution >= 0.6 is 0 Å². The van der Waals surface area contributed by atoms with E-state index in [0.717, 1.165) is 38.6 Å². The molecule has 1 aromatic carbocycles. The number of nitrogens with zero attached hydrogens (tertiary/aromatic N) is 1. The molecule has 0 aliphatic heterocycles. The molecule has 0 heterocycles. The lowest BCUT2D eigenvalue weighted by atomic mass is 10.0. The highest BCUT2D eigenvalue weighted by molar-refractivity contribution is 5.80. The van der Waals surface area contributed by atoms with Crippen molar-refractivity contribution in [2.75, 3.05) is 0 Å². The molecule has 2 unspecified atom stereocenters. The Bertz CT molecular complexity index is 519. The summed E-state index contributed by atoms with van der Waals surface area (Å²) in [4.78, 5) is 14.9. The molecule has 3 heteroatoms. The van der Waals surface area contributed by atoms with Gasteiger partial charge in [-0.3, -0.25) is 4.79 Å². The van der Waals surface area contributed by atoms with E-state index in [1.807, 2.05) is 0 Å². The quantitative estimate of drug-likeness (QED) is 0.905. The second-order valence-corrected chi connectivity index (χ2v) is 7.36. The fourth-order valence-electron chi connectivity index (χ4n) is 3.45. The summed E-state index contributed by atoms with van der Waals surface area (Å²) in [5, 5.41) is 0. The summed E-state index contributed by atoms with van der Waals surface area (Å²) in [5.74, 6) is 1.05. The van der Waals surface area contributed by atoms with Gasteiger partial charge >= 0.3 is 0 Å². The number of amides is 1. The first-order valence-corrected chi connectivity index (χ1v) is 8.69. The number of carbonyl (C=O) groups is 1. The van der Waals surface area contributed by atoms with E-state index in [9.17, 15) is 4.79 Å². The molecule has 2 aliphatic carbocycles. The van der Waals surface area contributed by atoms with E-state index in [1.54, 1.807) is 0 Å². The first-order valence-electron chi connectivity index (χ1n) is 8.69. The van der Waals surface area contributed by atoms with Crippen LogP contribution in [0.1, 0.15) is 63.0 Å². The minimum absolute atomic E-state index is 0.158. The lowest BCUT2D eigenvalue weighted by molar-refractivity contribution is -0.136. The van der Waals surface area contributed by atoms with Crippen molar-refractivity contribution in [2.45, 2.75) is 70.5 Å². The van der Waals surface area contributed by atoms with Gasteiger partial charge in [-0.05, 0) is 49.1 Å². The van der Waals surface area contributed by atoms with Crippen molar-refractivity contribution < 1.29 is 4.79 Å². The molecule has 2 aliphatic rings. The molecule has 2 saturated carbocycles. The van der Waals surface area contributed by atoms with Crippen LogP contribution in [0.25, 0.3) is 0 Å². The summed E-state index contributed by atoms with van der Waals surface area (Å²) in [7, 11) is 0. The van der Waals surface area contributed by atoms with Crippen LogP contribution in [0.4, 0.5) is 0 Å². The van der Waals surface area contributed by atoms with Crippen molar-refractivity contribution in [2.24, 2.45) is 11.7 Å². The zero-order valence-electron chi connectivity index (χ0n) is 13.8. The molecule has 0 aromatic heterocycles. The molecule has 2 N–H and O–H groups in total. The first-order chi connectivity index (χ1) is 10.5. The third kappa shape index (κ3) is 3.52. The van der Waals surface area contributed by atoms with Crippen LogP contribution in [0, 0.1) is 5.92 Å². The summed E-state index contributed by atoms with van der Waals surface area (Å²) >= 11 is 0. The Morgan fingerprint density at radius 2 is 1.86 bits per heavy atom. The Kier molecular flexibility index (Phi) is 4.53. The van der Waals surface area contributed by atoms with Crippen LogP contribution in [0.15, 0.2) is 24.3 Å². The molecule has 2 atom stereocenters. The summed E-state index contributed by atoms with van der Waals surface area (Å²) in [6.45, 7) is 5.17. The van der Waals surface area contributed by atoms with Crippen LogP contribution in [0.3, 0.4) is 0 Å². The van der Waals surface area contributed by atoms with Crippen molar-refractivity contribution >= 4 is 5.91 Å². The second kappa shape index (κ2) is 6.41. The highest BCUT2D eigenvalue weighted by Crippen LogP contribution is 2.33. The zero-order valence-corrected chi connectivity index (χ0v) is 13.8. The molecule has 2 fully saturated rings. The van der Waals surface area contributed by atoms with Crippen molar-refractivity contribution in [1.82, 2.24) is 4.90 Å². The summed E-state index contributed by atoms with van der Waals surface area (Å²) in [5.41, 5.74) is 8.58. The normalized spacial score (nSPS) is 24.7. The van der Waals surface area contributed by atoms with Gasteiger partial charge in [0.15, 0.2) is 0 Å². The van der Waals surface area contributed by atoms with Gasteiger partial charge in [0.05, 0.1) is 0 Å². The van der Waals surface area contributed by atoms with Gasteiger partial charge in [0.1, 0.15) is 0 Å². The van der Waals surface area contributed by atoms with Gasteiger partial charge < -0.3 is 10.6 Å². The Labute approximate surface area is 133 Å². The number of benzene rings is 1. The highest BCUT2D eigenvalue weighted by atomic mass is 16.2. The maximum atomic E-state index is 12.8. The van der Waals surface area contributed by atoms with E-state index in [4.69, 9.17) is 5.73 Å². The Morgan fingerprint density at radius 3 is 2.36 bits per heavy atom. The third-order valence-corrected chi connectivity index (χ3v) is 5.09. The van der Waals surface area contributed by atoms with Crippen molar-refractivity contribution in [3.05, 3.63) is 35.4 Å². The molecule has 3 nitrogen and oxygen atoms in total. The smallest absolute Gasteiger partial charge is 0.226 e. The lowest BCUT2D eigenvalue weighted by Gasteiger charge is -2.26. The first kappa shape index (κ1) is 15.5. The van der Waals surface area contributed by atoms with Gasteiger partial charge in [0.2, 0.25) is 5.91 Å². The van der Waals surface area contributed by atoms with Gasteiger partial charge in [0, 0.05) is 24.5 Å². The summed E-state index contributed by atoms with van der Waals surface area (Å²) in [6.07, 6.45) is 5.16. The molecule has 0 spiro atoms. The average Bonchev–Trinajstić information content (AvgIpc) is 3.25. The predicted molar refractivity (Wildman–Crippen MR) is 89.4 cm³/mol. The van der Waals surface area contributed by atoms with E-state index in [1.165, 1.54) is 11.1 Å². The van der Waals surface area contributed by atoms with Gasteiger partial charge in [0.25, 0.3) is 0 Å². The number of hydrogen-bond donors (Lipinski definition) is 1. The van der Waals surface area contributed by atoms with Crippen LogP contribution in [-0.4, -0.2) is 22.9 Å². The monoisotopic (exact) mass is 300 g/mol. The Hall–Kier alpha value is -1.35. The minimum Gasteiger partial charge on any atom is -0.335 e. The third-order valence-electron chi connectivity index (χ3n) is 5.09.